The highest BCUT2D eigenvalue weighted by Crippen LogP contribution is 2.19. The molecule has 6 nitrogen and oxygen atoms in total. The maximum Gasteiger partial charge on any atom is 0.287 e. The zero-order valence-corrected chi connectivity index (χ0v) is 16.0. The van der Waals surface area contributed by atoms with Crippen LogP contribution < -0.4 is 10.6 Å². The first-order valence-corrected chi connectivity index (χ1v) is 9.93. The molecule has 1 saturated carbocycles. The Labute approximate surface area is 168 Å². The summed E-state index contributed by atoms with van der Waals surface area (Å²) in [6.07, 6.45) is 6.27. The molecule has 0 aliphatic heterocycles. The molecule has 2 aromatic heterocycles. The fraction of sp³-hybridized carbons (Fsp3) is 0.318. The number of nitrogens with one attached hydrogen (secondary N) is 2. The Morgan fingerprint density at radius 1 is 1.07 bits per heavy atom. The Morgan fingerprint density at radius 2 is 1.83 bits per heavy atom. The van der Waals surface area contributed by atoms with Gasteiger partial charge in [-0.1, -0.05) is 37.1 Å². The normalized spacial score (nSPS) is 14.2. The van der Waals surface area contributed by atoms with E-state index in [1.54, 1.807) is 47.0 Å². The minimum Gasteiger partial charge on any atom is -0.350 e. The van der Waals surface area contributed by atoms with Crippen LogP contribution in [0.15, 0.2) is 48.7 Å². The third kappa shape index (κ3) is 4.13. The van der Waals surface area contributed by atoms with Crippen LogP contribution in [-0.4, -0.2) is 33.8 Å². The van der Waals surface area contributed by atoms with Gasteiger partial charge in [0.05, 0.1) is 5.52 Å². The van der Waals surface area contributed by atoms with E-state index in [1.165, 1.54) is 6.07 Å². The van der Waals surface area contributed by atoms with E-state index in [0.29, 0.717) is 17.5 Å². The number of benzene rings is 1. The number of aromatic nitrogens is 2. The van der Waals surface area contributed by atoms with E-state index in [-0.39, 0.29) is 41.7 Å². The molecule has 0 spiro atoms. The number of fused-ring (bicyclic) bond motifs is 1. The molecule has 2 heterocycles. The molecule has 1 fully saturated rings. The minimum atomic E-state index is -0.384. The Balaban J connectivity index is 1.50. The molecule has 3 aromatic rings. The number of imidazole rings is 1. The smallest absolute Gasteiger partial charge is 0.287 e. The predicted molar refractivity (Wildman–Crippen MR) is 107 cm³/mol. The van der Waals surface area contributed by atoms with Crippen LogP contribution in [0.4, 0.5) is 4.39 Å². The van der Waals surface area contributed by atoms with Gasteiger partial charge in [-0.2, -0.15) is 0 Å². The summed E-state index contributed by atoms with van der Waals surface area (Å²) < 4.78 is 15.4. The highest BCUT2D eigenvalue weighted by atomic mass is 19.1. The van der Waals surface area contributed by atoms with Crippen LogP contribution in [0, 0.1) is 5.82 Å². The van der Waals surface area contributed by atoms with Crippen LogP contribution in [0.25, 0.3) is 5.52 Å². The second kappa shape index (κ2) is 8.43. The lowest BCUT2D eigenvalue weighted by Crippen LogP contribution is -2.34. The Morgan fingerprint density at radius 3 is 2.62 bits per heavy atom. The molecule has 0 radical (unpaired) electrons. The molecule has 0 atom stereocenters. The summed E-state index contributed by atoms with van der Waals surface area (Å²) in [5.74, 6) is -0.750. The molecule has 7 heteroatoms. The second-order valence-corrected chi connectivity index (χ2v) is 7.29. The van der Waals surface area contributed by atoms with Crippen LogP contribution in [0.3, 0.4) is 0 Å². The molecule has 1 aliphatic carbocycles. The van der Waals surface area contributed by atoms with Gasteiger partial charge >= 0.3 is 0 Å². The van der Waals surface area contributed by atoms with Crippen molar-refractivity contribution >= 4 is 17.3 Å². The maximum absolute atomic E-state index is 13.7. The molecule has 4 rings (SSSR count). The van der Waals surface area contributed by atoms with E-state index >= 15 is 0 Å². The largest absolute Gasteiger partial charge is 0.350 e. The molecule has 2 N–H and O–H groups in total. The van der Waals surface area contributed by atoms with E-state index in [4.69, 9.17) is 0 Å². The van der Waals surface area contributed by atoms with Gasteiger partial charge in [-0.05, 0) is 43.0 Å². The maximum atomic E-state index is 13.7. The van der Waals surface area contributed by atoms with Crippen molar-refractivity contribution in [2.75, 3.05) is 6.54 Å². The fourth-order valence-corrected chi connectivity index (χ4v) is 3.78. The molecular formula is C22H23FN4O2. The number of carbonyl (C=O) groups is 2. The van der Waals surface area contributed by atoms with Gasteiger partial charge in [0.2, 0.25) is 5.82 Å². The van der Waals surface area contributed by atoms with Gasteiger partial charge in [-0.25, -0.2) is 9.37 Å². The first kappa shape index (κ1) is 19.1. The number of rotatable bonds is 6. The van der Waals surface area contributed by atoms with Gasteiger partial charge in [-0.15, -0.1) is 0 Å². The lowest BCUT2D eigenvalue weighted by Gasteiger charge is -2.10. The monoisotopic (exact) mass is 394 g/mol. The number of hydrogen-bond donors (Lipinski definition) is 2. The average Bonchev–Trinajstić information content (AvgIpc) is 3.37. The zero-order chi connectivity index (χ0) is 20.2. The van der Waals surface area contributed by atoms with Gasteiger partial charge in [0, 0.05) is 18.8 Å². The first-order valence-electron chi connectivity index (χ1n) is 9.93. The van der Waals surface area contributed by atoms with E-state index < -0.39 is 0 Å². The van der Waals surface area contributed by atoms with Crippen LogP contribution >= 0.6 is 0 Å². The molecule has 1 aromatic carbocycles. The summed E-state index contributed by atoms with van der Waals surface area (Å²) in [6.45, 7) is 0.273. The van der Waals surface area contributed by atoms with Crippen molar-refractivity contribution < 1.29 is 14.0 Å². The lowest BCUT2D eigenvalue weighted by atomic mass is 10.1. The van der Waals surface area contributed by atoms with Crippen molar-refractivity contribution in [2.24, 2.45) is 0 Å². The Kier molecular flexibility index (Phi) is 5.55. The first-order chi connectivity index (χ1) is 14.1. The van der Waals surface area contributed by atoms with Gasteiger partial charge in [0.1, 0.15) is 5.82 Å². The molecular weight excluding hydrogens is 371 g/mol. The highest BCUT2D eigenvalue weighted by Gasteiger charge is 2.24. The summed E-state index contributed by atoms with van der Waals surface area (Å²) in [6, 6.07) is 12.0. The molecule has 1 aliphatic rings. The van der Waals surface area contributed by atoms with Crippen molar-refractivity contribution in [1.82, 2.24) is 20.0 Å². The lowest BCUT2D eigenvalue weighted by molar-refractivity contribution is 0.0926. The molecule has 150 valence electrons. The van der Waals surface area contributed by atoms with Crippen LogP contribution in [0.2, 0.25) is 0 Å². The quantitative estimate of drug-likeness (QED) is 0.675. The van der Waals surface area contributed by atoms with Gasteiger partial charge in [-0.3, -0.25) is 14.0 Å². The molecule has 0 unspecified atom stereocenters. The average molecular weight is 394 g/mol. The minimum absolute atomic E-state index is 0.164. The molecule has 0 bridgehead atoms. The Hall–Kier alpha value is -3.22. The number of nitrogens with zero attached hydrogens (tertiary/aromatic N) is 2. The zero-order valence-electron chi connectivity index (χ0n) is 16.0. The van der Waals surface area contributed by atoms with Crippen LogP contribution in [0.1, 0.15) is 52.4 Å². The summed E-state index contributed by atoms with van der Waals surface area (Å²) >= 11 is 0. The summed E-state index contributed by atoms with van der Waals surface area (Å²) in [5.41, 5.74) is 1.29. The summed E-state index contributed by atoms with van der Waals surface area (Å²) in [4.78, 5) is 29.8. The second-order valence-electron chi connectivity index (χ2n) is 7.29. The SMILES string of the molecule is O=C(NCCc1ccccc1F)c1nc(C(=O)NC2CCCC2)n2ccccc12. The third-order valence-electron chi connectivity index (χ3n) is 5.29. The van der Waals surface area contributed by atoms with Gasteiger partial charge in [0.15, 0.2) is 5.69 Å². The molecule has 0 saturated heterocycles. The highest BCUT2D eigenvalue weighted by molar-refractivity contribution is 6.02. The van der Waals surface area contributed by atoms with E-state index in [0.717, 1.165) is 25.7 Å². The van der Waals surface area contributed by atoms with Gasteiger partial charge in [0.25, 0.3) is 11.8 Å². The summed E-state index contributed by atoms with van der Waals surface area (Å²) in [7, 11) is 0. The molecule has 2 amide bonds. The van der Waals surface area contributed by atoms with Crippen molar-refractivity contribution in [3.8, 4) is 0 Å². The fourth-order valence-electron chi connectivity index (χ4n) is 3.78. The standard InChI is InChI=1S/C22H23FN4O2/c23-17-10-4-1-7-15(17)12-13-24-21(28)19-18-11-5-6-14-27(18)20(26-19)22(29)25-16-8-2-3-9-16/h1,4-7,10-11,14,16H,2-3,8-9,12-13H2,(H,24,28)(H,25,29). The predicted octanol–water partition coefficient (Wildman–Crippen LogP) is 3.12. The third-order valence-corrected chi connectivity index (χ3v) is 5.29. The number of carbonyl (C=O) groups excluding carboxylic acids is 2. The Bertz CT molecular complexity index is 1040. The van der Waals surface area contributed by atoms with E-state index in [2.05, 4.69) is 15.6 Å². The summed E-state index contributed by atoms with van der Waals surface area (Å²) in [5, 5.41) is 5.79. The topological polar surface area (TPSA) is 75.5 Å². The molecule has 29 heavy (non-hydrogen) atoms. The van der Waals surface area contributed by atoms with Crippen LogP contribution in [0.5, 0.6) is 0 Å². The van der Waals surface area contributed by atoms with Crippen molar-refractivity contribution in [3.05, 3.63) is 71.6 Å². The van der Waals surface area contributed by atoms with Gasteiger partial charge < -0.3 is 10.6 Å². The number of pyridine rings is 1. The number of halogens is 1. The van der Waals surface area contributed by atoms with E-state index in [1.807, 2.05) is 0 Å². The van der Waals surface area contributed by atoms with Crippen molar-refractivity contribution in [1.29, 1.82) is 0 Å². The number of amides is 2. The number of hydrogen-bond acceptors (Lipinski definition) is 3. The van der Waals surface area contributed by atoms with Crippen LogP contribution in [-0.2, 0) is 6.42 Å². The van der Waals surface area contributed by atoms with Crippen molar-refractivity contribution in [3.63, 3.8) is 0 Å². The van der Waals surface area contributed by atoms with E-state index in [9.17, 15) is 14.0 Å². The van der Waals surface area contributed by atoms with Crippen molar-refractivity contribution in [2.45, 2.75) is 38.1 Å².